The number of hydrogen-bond donors (Lipinski definition) is 5. The molecule has 2 heterocycles. The first-order chi connectivity index (χ1) is 11.4. The van der Waals surface area contributed by atoms with Gasteiger partial charge in [-0.1, -0.05) is 20.4 Å². The number of carbonyl (C=O) groups excluding carboxylic acids is 1. The van der Waals surface area contributed by atoms with Gasteiger partial charge in [-0.25, -0.2) is 9.97 Å². The highest BCUT2D eigenvalue weighted by Gasteiger charge is 2.18. The van der Waals surface area contributed by atoms with Gasteiger partial charge in [-0.05, 0) is 0 Å². The van der Waals surface area contributed by atoms with Crippen LogP contribution in [0.15, 0.2) is 19.0 Å². The molecule has 0 spiro atoms. The summed E-state index contributed by atoms with van der Waals surface area (Å²) in [4.78, 5) is 23.1. The second-order valence-corrected chi connectivity index (χ2v) is 6.34. The fourth-order valence-corrected chi connectivity index (χ4v) is 1.96. The van der Waals surface area contributed by atoms with Crippen LogP contribution in [0.5, 0.6) is 0 Å². The van der Waals surface area contributed by atoms with E-state index in [4.69, 9.17) is 0 Å². The quantitative estimate of drug-likeness (QED) is 0.486. The van der Waals surface area contributed by atoms with Crippen LogP contribution in [0.2, 0.25) is 0 Å². The van der Waals surface area contributed by atoms with Crippen LogP contribution in [0.4, 0.5) is 5.82 Å². The number of fused-ring (bicyclic) bond motifs is 1. The normalized spacial score (nSPS) is 11.3. The van der Waals surface area contributed by atoms with E-state index in [0.717, 1.165) is 5.56 Å². The average Bonchev–Trinajstić information content (AvgIpc) is 3.00. The Bertz CT molecular complexity index is 737. The van der Waals surface area contributed by atoms with E-state index in [-0.39, 0.29) is 24.5 Å². The molecule has 0 bridgehead atoms. The minimum absolute atomic E-state index is 0.0779. The number of H-pyrrole nitrogens is 1. The van der Waals surface area contributed by atoms with E-state index in [1.54, 1.807) is 19.4 Å². The third kappa shape index (κ3) is 4.23. The first-order valence-corrected chi connectivity index (χ1v) is 7.69. The Kier molecular flexibility index (Phi) is 5.40. The summed E-state index contributed by atoms with van der Waals surface area (Å²) in [6.07, 6.45) is 3.35. The van der Waals surface area contributed by atoms with Crippen LogP contribution in [0.3, 0.4) is 0 Å². The molecule has 5 N–H and O–H groups in total. The minimum Gasteiger partial charge on any atom is -0.396 e. The van der Waals surface area contributed by atoms with Crippen molar-refractivity contribution < 1.29 is 9.90 Å². The van der Waals surface area contributed by atoms with Crippen LogP contribution < -0.4 is 16.0 Å². The zero-order valence-electron chi connectivity index (χ0n) is 14.2. The summed E-state index contributed by atoms with van der Waals surface area (Å²) in [5.74, 6) is 0.374. The molecule has 1 amide bonds. The van der Waals surface area contributed by atoms with Gasteiger partial charge < -0.3 is 26.0 Å². The van der Waals surface area contributed by atoms with Gasteiger partial charge in [-0.15, -0.1) is 0 Å². The first-order valence-electron chi connectivity index (χ1n) is 7.69. The van der Waals surface area contributed by atoms with Gasteiger partial charge in [0.15, 0.2) is 5.65 Å². The molecule has 0 aliphatic heterocycles. The van der Waals surface area contributed by atoms with Gasteiger partial charge >= 0.3 is 0 Å². The molecule has 0 unspecified atom stereocenters. The second-order valence-electron chi connectivity index (χ2n) is 6.34. The summed E-state index contributed by atoms with van der Waals surface area (Å²) in [6, 6.07) is 0. The number of aromatic nitrogens is 3. The summed E-state index contributed by atoms with van der Waals surface area (Å²) in [5, 5.41) is 18.0. The summed E-state index contributed by atoms with van der Waals surface area (Å²) < 4.78 is 0. The van der Waals surface area contributed by atoms with Crippen LogP contribution in [-0.2, 0) is 4.79 Å². The van der Waals surface area contributed by atoms with Gasteiger partial charge in [0.2, 0.25) is 5.91 Å². The van der Waals surface area contributed by atoms with Gasteiger partial charge in [0.1, 0.15) is 11.3 Å². The van der Waals surface area contributed by atoms with Crippen molar-refractivity contribution in [3.05, 3.63) is 24.5 Å². The number of aliphatic hydroxyl groups is 1. The summed E-state index contributed by atoms with van der Waals surface area (Å²) in [5.41, 5.74) is 2.55. The van der Waals surface area contributed by atoms with E-state index in [0.29, 0.717) is 29.2 Å². The predicted molar refractivity (Wildman–Crippen MR) is 94.3 cm³/mol. The number of aromatic amines is 1. The Morgan fingerprint density at radius 2 is 2.21 bits per heavy atom. The number of amides is 1. The Labute approximate surface area is 140 Å². The van der Waals surface area contributed by atoms with Crippen molar-refractivity contribution >= 4 is 28.6 Å². The van der Waals surface area contributed by atoms with E-state index in [1.807, 2.05) is 13.8 Å². The maximum atomic E-state index is 11.3. The number of nitrogens with zero attached hydrogens (tertiary/aromatic N) is 2. The van der Waals surface area contributed by atoms with Gasteiger partial charge in [0, 0.05) is 43.1 Å². The second kappa shape index (κ2) is 7.31. The molecule has 24 heavy (non-hydrogen) atoms. The van der Waals surface area contributed by atoms with Crippen LogP contribution >= 0.6 is 0 Å². The van der Waals surface area contributed by atoms with Crippen molar-refractivity contribution in [1.29, 1.82) is 0 Å². The van der Waals surface area contributed by atoms with E-state index in [9.17, 15) is 9.90 Å². The molecule has 0 aromatic carbocycles. The number of aliphatic hydroxyl groups excluding tert-OH is 1. The van der Waals surface area contributed by atoms with Crippen LogP contribution in [-0.4, -0.2) is 52.7 Å². The molecule has 2 aromatic rings. The maximum Gasteiger partial charge on any atom is 0.239 e. The van der Waals surface area contributed by atoms with Crippen LogP contribution in [0.25, 0.3) is 16.9 Å². The number of likely N-dealkylation sites (N-methyl/N-ethyl adjacent to an activating group) is 1. The van der Waals surface area contributed by atoms with Crippen molar-refractivity contribution in [3.63, 3.8) is 0 Å². The molecule has 130 valence electrons. The molecular weight excluding hydrogens is 308 g/mol. The smallest absolute Gasteiger partial charge is 0.239 e. The highest BCUT2D eigenvalue weighted by Crippen LogP contribution is 2.22. The lowest BCUT2D eigenvalue weighted by Gasteiger charge is -2.23. The number of rotatable bonds is 8. The molecule has 0 aliphatic rings. The molecule has 2 aromatic heterocycles. The van der Waals surface area contributed by atoms with Gasteiger partial charge in [-0.3, -0.25) is 4.79 Å². The van der Waals surface area contributed by atoms with Crippen LogP contribution in [0, 0.1) is 5.41 Å². The Balaban J connectivity index is 2.15. The Morgan fingerprint density at radius 1 is 1.46 bits per heavy atom. The lowest BCUT2D eigenvalue weighted by Crippen LogP contribution is -2.31. The highest BCUT2D eigenvalue weighted by molar-refractivity contribution is 5.87. The highest BCUT2D eigenvalue weighted by atomic mass is 16.3. The lowest BCUT2D eigenvalue weighted by atomic mass is 9.95. The molecule has 0 saturated carbocycles. The SMILES string of the molecule is C=C(NCC(C)(C)CO)c1c[nH]c2ncc(NCC(=O)NC)nc12. The van der Waals surface area contributed by atoms with Crippen molar-refractivity contribution in [2.45, 2.75) is 13.8 Å². The molecule has 0 atom stereocenters. The van der Waals surface area contributed by atoms with Gasteiger partial charge in [-0.2, -0.15) is 0 Å². The minimum atomic E-state index is -0.249. The number of carbonyl (C=O) groups is 1. The van der Waals surface area contributed by atoms with Crippen LogP contribution in [0.1, 0.15) is 19.4 Å². The summed E-state index contributed by atoms with van der Waals surface area (Å²) in [7, 11) is 1.58. The lowest BCUT2D eigenvalue weighted by molar-refractivity contribution is -0.118. The van der Waals surface area contributed by atoms with E-state index >= 15 is 0 Å². The third-order valence-electron chi connectivity index (χ3n) is 3.62. The molecule has 0 radical (unpaired) electrons. The zero-order valence-corrected chi connectivity index (χ0v) is 14.2. The molecular formula is C16H24N6O2. The topological polar surface area (TPSA) is 115 Å². The molecule has 8 nitrogen and oxygen atoms in total. The predicted octanol–water partition coefficient (Wildman–Crippen LogP) is 0.695. The van der Waals surface area contributed by atoms with Crippen molar-refractivity contribution in [1.82, 2.24) is 25.6 Å². The van der Waals surface area contributed by atoms with E-state index < -0.39 is 0 Å². The number of nitrogens with one attached hydrogen (secondary N) is 4. The first kappa shape index (κ1) is 17.7. The number of hydrogen-bond acceptors (Lipinski definition) is 6. The molecule has 0 aliphatic carbocycles. The third-order valence-corrected chi connectivity index (χ3v) is 3.62. The fourth-order valence-electron chi connectivity index (χ4n) is 1.96. The van der Waals surface area contributed by atoms with E-state index in [2.05, 4.69) is 37.5 Å². The molecule has 0 fully saturated rings. The fraction of sp³-hybridized carbons (Fsp3) is 0.438. The maximum absolute atomic E-state index is 11.3. The number of anilines is 1. The van der Waals surface area contributed by atoms with Crippen molar-refractivity contribution in [2.75, 3.05) is 32.1 Å². The monoisotopic (exact) mass is 332 g/mol. The molecule has 2 rings (SSSR count). The van der Waals surface area contributed by atoms with Gasteiger partial charge in [0.25, 0.3) is 0 Å². The zero-order chi connectivity index (χ0) is 17.7. The standard InChI is InChI=1S/C16H24N6O2/c1-10(21-8-16(2,3)9-23)11-5-19-15-14(11)22-12(6-20-15)18-7-13(24)17-4/h5-6,21,23H,1,7-9H2,2-4H3,(H,17,24)(H,18,22)(H,19,20). The average molecular weight is 332 g/mol. The van der Waals surface area contributed by atoms with Crippen molar-refractivity contribution in [2.24, 2.45) is 5.41 Å². The Morgan fingerprint density at radius 3 is 2.88 bits per heavy atom. The summed E-state index contributed by atoms with van der Waals surface area (Å²) >= 11 is 0. The molecule has 0 saturated heterocycles. The van der Waals surface area contributed by atoms with Gasteiger partial charge in [0.05, 0.1) is 12.7 Å². The summed E-state index contributed by atoms with van der Waals surface area (Å²) in [6.45, 7) is 8.74. The molecule has 8 heteroatoms. The Hall–Kier alpha value is -2.61. The largest absolute Gasteiger partial charge is 0.396 e. The van der Waals surface area contributed by atoms with Crippen molar-refractivity contribution in [3.8, 4) is 0 Å². The van der Waals surface area contributed by atoms with E-state index in [1.165, 1.54) is 0 Å².